The molecule has 0 aliphatic rings. The van der Waals surface area contributed by atoms with Crippen LogP contribution in [0.2, 0.25) is 0 Å². The van der Waals surface area contributed by atoms with Crippen molar-refractivity contribution in [2.75, 3.05) is 11.9 Å². The van der Waals surface area contributed by atoms with Crippen LogP contribution in [-0.2, 0) is 0 Å². The molecule has 3 nitrogen and oxygen atoms in total. The largest absolute Gasteiger partial charge is 0.354 e. The smallest absolute Gasteiger partial charge is 0.223 e. The van der Waals surface area contributed by atoms with Gasteiger partial charge in [0.15, 0.2) is 0 Å². The van der Waals surface area contributed by atoms with Gasteiger partial charge >= 0.3 is 0 Å². The van der Waals surface area contributed by atoms with Crippen molar-refractivity contribution in [3.63, 3.8) is 0 Å². The van der Waals surface area contributed by atoms with Gasteiger partial charge in [-0.3, -0.25) is 0 Å². The maximum absolute atomic E-state index is 13.3. The van der Waals surface area contributed by atoms with E-state index in [-0.39, 0.29) is 5.82 Å². The van der Waals surface area contributed by atoms with E-state index in [1.54, 1.807) is 19.1 Å². The lowest BCUT2D eigenvalue weighted by Gasteiger charge is -2.08. The molecule has 0 bridgehead atoms. The van der Waals surface area contributed by atoms with E-state index in [0.29, 0.717) is 11.5 Å². The number of nitrogens with one attached hydrogen (secondary N) is 1. The SMILES string of the molecule is CCCNc1nc(C)cc(-c2ccc(F)c(C)c2)n1. The topological polar surface area (TPSA) is 37.8 Å². The van der Waals surface area contributed by atoms with E-state index in [0.717, 1.165) is 29.9 Å². The maximum Gasteiger partial charge on any atom is 0.223 e. The van der Waals surface area contributed by atoms with Crippen molar-refractivity contribution in [2.24, 2.45) is 0 Å². The highest BCUT2D eigenvalue weighted by Crippen LogP contribution is 2.21. The summed E-state index contributed by atoms with van der Waals surface area (Å²) in [5.41, 5.74) is 3.24. The van der Waals surface area contributed by atoms with Crippen LogP contribution in [0, 0.1) is 19.7 Å². The molecule has 0 unspecified atom stereocenters. The lowest BCUT2D eigenvalue weighted by Crippen LogP contribution is -2.05. The Morgan fingerprint density at radius 2 is 1.95 bits per heavy atom. The monoisotopic (exact) mass is 259 g/mol. The van der Waals surface area contributed by atoms with Crippen LogP contribution in [0.15, 0.2) is 24.3 Å². The van der Waals surface area contributed by atoms with Crippen LogP contribution in [0.5, 0.6) is 0 Å². The third-order valence-electron chi connectivity index (χ3n) is 2.84. The zero-order valence-corrected chi connectivity index (χ0v) is 11.5. The summed E-state index contributed by atoms with van der Waals surface area (Å²) in [6.45, 7) is 6.61. The van der Waals surface area contributed by atoms with Crippen molar-refractivity contribution < 1.29 is 4.39 Å². The summed E-state index contributed by atoms with van der Waals surface area (Å²) >= 11 is 0. The quantitative estimate of drug-likeness (QED) is 0.909. The molecular weight excluding hydrogens is 241 g/mol. The number of hydrogen-bond donors (Lipinski definition) is 1. The predicted molar refractivity (Wildman–Crippen MR) is 75.7 cm³/mol. The minimum Gasteiger partial charge on any atom is -0.354 e. The third kappa shape index (κ3) is 3.28. The molecule has 2 rings (SSSR count). The van der Waals surface area contributed by atoms with Crippen LogP contribution in [0.1, 0.15) is 24.6 Å². The normalized spacial score (nSPS) is 10.5. The molecule has 0 radical (unpaired) electrons. The Balaban J connectivity index is 2.37. The number of aromatic nitrogens is 2. The maximum atomic E-state index is 13.3. The van der Waals surface area contributed by atoms with Crippen LogP contribution in [0.25, 0.3) is 11.3 Å². The molecule has 1 N–H and O–H groups in total. The molecule has 1 aromatic heterocycles. The van der Waals surface area contributed by atoms with Gasteiger partial charge < -0.3 is 5.32 Å². The molecule has 0 saturated carbocycles. The summed E-state index contributed by atoms with van der Waals surface area (Å²) in [4.78, 5) is 8.81. The third-order valence-corrected chi connectivity index (χ3v) is 2.84. The molecule has 19 heavy (non-hydrogen) atoms. The van der Waals surface area contributed by atoms with Crippen molar-refractivity contribution in [1.82, 2.24) is 9.97 Å². The highest BCUT2D eigenvalue weighted by Gasteiger charge is 2.06. The van der Waals surface area contributed by atoms with E-state index in [1.165, 1.54) is 6.07 Å². The van der Waals surface area contributed by atoms with Gasteiger partial charge in [-0.25, -0.2) is 14.4 Å². The molecule has 1 aromatic carbocycles. The molecule has 0 atom stereocenters. The van der Waals surface area contributed by atoms with E-state index in [9.17, 15) is 4.39 Å². The standard InChI is InChI=1S/C15H18FN3/c1-4-7-17-15-18-11(3)9-14(19-15)12-5-6-13(16)10(2)8-12/h5-6,8-9H,4,7H2,1-3H3,(H,17,18,19). The van der Waals surface area contributed by atoms with Crippen molar-refractivity contribution in [1.29, 1.82) is 0 Å². The summed E-state index contributed by atoms with van der Waals surface area (Å²) < 4.78 is 13.3. The zero-order valence-electron chi connectivity index (χ0n) is 11.5. The number of aryl methyl sites for hydroxylation is 2. The molecule has 0 saturated heterocycles. The van der Waals surface area contributed by atoms with Crippen molar-refractivity contribution in [3.05, 3.63) is 41.3 Å². The molecule has 4 heteroatoms. The first kappa shape index (κ1) is 13.5. The van der Waals surface area contributed by atoms with Crippen LogP contribution in [-0.4, -0.2) is 16.5 Å². The Kier molecular flexibility index (Phi) is 4.10. The average molecular weight is 259 g/mol. The Hall–Kier alpha value is -1.97. The lowest BCUT2D eigenvalue weighted by molar-refractivity contribution is 0.619. The molecule has 1 heterocycles. The molecule has 0 spiro atoms. The fourth-order valence-corrected chi connectivity index (χ4v) is 1.84. The van der Waals surface area contributed by atoms with E-state index < -0.39 is 0 Å². The van der Waals surface area contributed by atoms with E-state index in [1.807, 2.05) is 13.0 Å². The van der Waals surface area contributed by atoms with Gasteiger partial charge in [0.05, 0.1) is 5.69 Å². The molecule has 2 aromatic rings. The van der Waals surface area contributed by atoms with Crippen molar-refractivity contribution in [3.8, 4) is 11.3 Å². The average Bonchev–Trinajstić information content (AvgIpc) is 2.39. The fraction of sp³-hybridized carbons (Fsp3) is 0.333. The molecule has 0 amide bonds. The minimum absolute atomic E-state index is 0.196. The summed E-state index contributed by atoms with van der Waals surface area (Å²) in [6.07, 6.45) is 1.02. The Labute approximate surface area is 112 Å². The van der Waals surface area contributed by atoms with Gasteiger partial charge in [-0.1, -0.05) is 6.92 Å². The van der Waals surface area contributed by atoms with Gasteiger partial charge in [-0.15, -0.1) is 0 Å². The van der Waals surface area contributed by atoms with Crippen LogP contribution in [0.4, 0.5) is 10.3 Å². The Morgan fingerprint density at radius 1 is 1.16 bits per heavy atom. The van der Waals surface area contributed by atoms with Crippen molar-refractivity contribution >= 4 is 5.95 Å². The summed E-state index contributed by atoms with van der Waals surface area (Å²) in [7, 11) is 0. The van der Waals surface area contributed by atoms with Gasteiger partial charge in [0.2, 0.25) is 5.95 Å². The highest BCUT2D eigenvalue weighted by molar-refractivity contribution is 5.61. The number of anilines is 1. The Morgan fingerprint density at radius 3 is 2.63 bits per heavy atom. The summed E-state index contributed by atoms with van der Waals surface area (Å²) in [6, 6.07) is 6.93. The highest BCUT2D eigenvalue weighted by atomic mass is 19.1. The molecule has 100 valence electrons. The fourth-order valence-electron chi connectivity index (χ4n) is 1.84. The Bertz CT molecular complexity index is 582. The van der Waals surface area contributed by atoms with Gasteiger partial charge in [0, 0.05) is 17.8 Å². The van der Waals surface area contributed by atoms with Gasteiger partial charge in [0.1, 0.15) is 5.82 Å². The number of rotatable bonds is 4. The van der Waals surface area contributed by atoms with Crippen LogP contribution >= 0.6 is 0 Å². The van der Waals surface area contributed by atoms with Gasteiger partial charge in [-0.2, -0.15) is 0 Å². The van der Waals surface area contributed by atoms with E-state index in [2.05, 4.69) is 22.2 Å². The van der Waals surface area contributed by atoms with Crippen LogP contribution < -0.4 is 5.32 Å². The second kappa shape index (κ2) is 5.78. The van der Waals surface area contributed by atoms with Crippen LogP contribution in [0.3, 0.4) is 0 Å². The number of halogens is 1. The number of hydrogen-bond acceptors (Lipinski definition) is 3. The van der Waals surface area contributed by atoms with Gasteiger partial charge in [0.25, 0.3) is 0 Å². The minimum atomic E-state index is -0.196. The zero-order chi connectivity index (χ0) is 13.8. The predicted octanol–water partition coefficient (Wildman–Crippen LogP) is 3.72. The van der Waals surface area contributed by atoms with Gasteiger partial charge in [-0.05, 0) is 50.1 Å². The summed E-state index contributed by atoms with van der Waals surface area (Å²) in [5.74, 6) is 0.428. The van der Waals surface area contributed by atoms with Crippen molar-refractivity contribution in [2.45, 2.75) is 27.2 Å². The molecule has 0 aliphatic heterocycles. The molecular formula is C15H18FN3. The number of nitrogens with zero attached hydrogens (tertiary/aromatic N) is 2. The van der Waals surface area contributed by atoms with E-state index >= 15 is 0 Å². The second-order valence-electron chi connectivity index (χ2n) is 4.61. The second-order valence-corrected chi connectivity index (χ2v) is 4.61. The molecule has 0 fully saturated rings. The first-order chi connectivity index (χ1) is 9.10. The van der Waals surface area contributed by atoms with E-state index in [4.69, 9.17) is 0 Å². The first-order valence-corrected chi connectivity index (χ1v) is 6.46. The lowest BCUT2D eigenvalue weighted by atomic mass is 10.1. The first-order valence-electron chi connectivity index (χ1n) is 6.46. The summed E-state index contributed by atoms with van der Waals surface area (Å²) in [5, 5.41) is 3.18. The number of benzene rings is 1. The molecule has 0 aliphatic carbocycles.